The third-order valence-electron chi connectivity index (χ3n) is 1.28. The highest BCUT2D eigenvalue weighted by molar-refractivity contribution is 9.10. The van der Waals surface area contributed by atoms with Crippen molar-refractivity contribution in [3.63, 3.8) is 0 Å². The summed E-state index contributed by atoms with van der Waals surface area (Å²) in [6.07, 6.45) is 0.522. The Morgan fingerprint density at radius 2 is 2.00 bits per heavy atom. The van der Waals surface area contributed by atoms with Crippen molar-refractivity contribution < 1.29 is 18.3 Å². The fourth-order valence-corrected chi connectivity index (χ4v) is 1.17. The van der Waals surface area contributed by atoms with Crippen LogP contribution in [-0.2, 0) is 4.79 Å². The van der Waals surface area contributed by atoms with Crippen LogP contribution in [0.4, 0.5) is 8.78 Å². The van der Waals surface area contributed by atoms with E-state index in [1.54, 1.807) is 0 Å². The van der Waals surface area contributed by atoms with Crippen LogP contribution < -0.4 is 4.74 Å². The SMILES string of the molecule is O=CCOc1cc(F)c(F)cc1Br. The monoisotopic (exact) mass is 250 g/mol. The molecule has 1 rings (SSSR count). The number of rotatable bonds is 3. The molecule has 0 aromatic heterocycles. The zero-order valence-electron chi connectivity index (χ0n) is 6.39. The van der Waals surface area contributed by atoms with Crippen molar-refractivity contribution in [1.29, 1.82) is 0 Å². The first-order valence-corrected chi connectivity index (χ1v) is 4.15. The highest BCUT2D eigenvalue weighted by Crippen LogP contribution is 2.27. The van der Waals surface area contributed by atoms with Crippen molar-refractivity contribution in [3.05, 3.63) is 28.2 Å². The van der Waals surface area contributed by atoms with E-state index in [0.29, 0.717) is 6.29 Å². The van der Waals surface area contributed by atoms with Crippen LogP contribution in [0.5, 0.6) is 5.75 Å². The molecule has 0 saturated heterocycles. The van der Waals surface area contributed by atoms with E-state index in [0.717, 1.165) is 12.1 Å². The number of halogens is 3. The number of ether oxygens (including phenoxy) is 1. The fraction of sp³-hybridized carbons (Fsp3) is 0.125. The molecule has 2 nitrogen and oxygen atoms in total. The Kier molecular flexibility index (Phi) is 3.36. The largest absolute Gasteiger partial charge is 0.485 e. The lowest BCUT2D eigenvalue weighted by atomic mass is 10.3. The molecule has 5 heteroatoms. The molecule has 0 N–H and O–H groups in total. The third-order valence-corrected chi connectivity index (χ3v) is 1.90. The van der Waals surface area contributed by atoms with Crippen LogP contribution in [0.15, 0.2) is 16.6 Å². The highest BCUT2D eigenvalue weighted by Gasteiger charge is 2.08. The van der Waals surface area contributed by atoms with Gasteiger partial charge in [0.05, 0.1) is 4.47 Å². The normalized spacial score (nSPS) is 9.77. The van der Waals surface area contributed by atoms with Gasteiger partial charge in [-0.25, -0.2) is 8.78 Å². The van der Waals surface area contributed by atoms with Crippen LogP contribution in [0, 0.1) is 11.6 Å². The Balaban J connectivity index is 2.94. The molecule has 1 aromatic carbocycles. The van der Waals surface area contributed by atoms with Gasteiger partial charge in [0.2, 0.25) is 0 Å². The summed E-state index contributed by atoms with van der Waals surface area (Å²) in [6, 6.07) is 1.82. The van der Waals surface area contributed by atoms with E-state index < -0.39 is 11.6 Å². The van der Waals surface area contributed by atoms with Crippen molar-refractivity contribution in [1.82, 2.24) is 0 Å². The van der Waals surface area contributed by atoms with Gasteiger partial charge in [0.1, 0.15) is 12.4 Å². The van der Waals surface area contributed by atoms with Gasteiger partial charge < -0.3 is 4.74 Å². The van der Waals surface area contributed by atoms with Gasteiger partial charge in [-0.1, -0.05) is 0 Å². The molecule has 0 unspecified atom stereocenters. The topological polar surface area (TPSA) is 26.3 Å². The quantitative estimate of drug-likeness (QED) is 0.608. The zero-order valence-corrected chi connectivity index (χ0v) is 7.98. The molecular weight excluding hydrogens is 246 g/mol. The Morgan fingerprint density at radius 3 is 2.62 bits per heavy atom. The van der Waals surface area contributed by atoms with Gasteiger partial charge in [-0.2, -0.15) is 0 Å². The fourth-order valence-electron chi connectivity index (χ4n) is 0.739. The average Bonchev–Trinajstić information content (AvgIpc) is 2.09. The molecule has 0 aliphatic rings. The molecule has 0 spiro atoms. The van der Waals surface area contributed by atoms with Crippen LogP contribution in [-0.4, -0.2) is 12.9 Å². The Morgan fingerprint density at radius 1 is 1.38 bits per heavy atom. The predicted octanol–water partition coefficient (Wildman–Crippen LogP) is 2.31. The number of carbonyl (C=O) groups excluding carboxylic acids is 1. The van der Waals surface area contributed by atoms with E-state index in [2.05, 4.69) is 15.9 Å². The lowest BCUT2D eigenvalue weighted by molar-refractivity contribution is -0.109. The summed E-state index contributed by atoms with van der Waals surface area (Å²) < 4.78 is 30.2. The number of benzene rings is 1. The van der Waals surface area contributed by atoms with E-state index >= 15 is 0 Å². The molecule has 0 bridgehead atoms. The lowest BCUT2D eigenvalue weighted by Gasteiger charge is -2.04. The van der Waals surface area contributed by atoms with Crippen molar-refractivity contribution in [2.75, 3.05) is 6.61 Å². The van der Waals surface area contributed by atoms with Crippen LogP contribution in [0.3, 0.4) is 0 Å². The maximum Gasteiger partial charge on any atom is 0.162 e. The van der Waals surface area contributed by atoms with Gasteiger partial charge in [0, 0.05) is 6.07 Å². The zero-order chi connectivity index (χ0) is 9.84. The Bertz CT molecular complexity index is 328. The molecule has 0 amide bonds. The number of carbonyl (C=O) groups is 1. The smallest absolute Gasteiger partial charge is 0.162 e. The van der Waals surface area contributed by atoms with Gasteiger partial charge in [-0.05, 0) is 22.0 Å². The van der Waals surface area contributed by atoms with Crippen LogP contribution >= 0.6 is 15.9 Å². The minimum Gasteiger partial charge on any atom is -0.485 e. The lowest BCUT2D eigenvalue weighted by Crippen LogP contribution is -1.99. The third kappa shape index (κ3) is 2.48. The standard InChI is InChI=1S/C8H5BrF2O2/c9-5-3-6(10)7(11)4-8(5)13-2-1-12/h1,3-4H,2H2. The van der Waals surface area contributed by atoms with Crippen LogP contribution in [0.1, 0.15) is 0 Å². The van der Waals surface area contributed by atoms with E-state index in [-0.39, 0.29) is 16.8 Å². The van der Waals surface area contributed by atoms with Crippen molar-refractivity contribution in [2.45, 2.75) is 0 Å². The van der Waals surface area contributed by atoms with Crippen molar-refractivity contribution in [3.8, 4) is 5.75 Å². The molecule has 0 aliphatic heterocycles. The minimum absolute atomic E-state index is 0.103. The predicted molar refractivity (Wildman–Crippen MR) is 45.6 cm³/mol. The maximum atomic E-state index is 12.6. The first kappa shape index (κ1) is 10.1. The van der Waals surface area contributed by atoms with E-state index in [1.807, 2.05) is 0 Å². The molecule has 0 aliphatic carbocycles. The molecule has 1 aromatic rings. The second kappa shape index (κ2) is 4.32. The molecule has 0 fully saturated rings. The summed E-state index contributed by atoms with van der Waals surface area (Å²) in [5.41, 5.74) is 0. The Labute approximate surface area is 81.6 Å². The summed E-state index contributed by atoms with van der Waals surface area (Å²) in [5, 5.41) is 0. The van der Waals surface area contributed by atoms with Gasteiger partial charge in [0.25, 0.3) is 0 Å². The Hall–Kier alpha value is -0.970. The number of hydrogen-bond donors (Lipinski definition) is 0. The molecule has 0 saturated carbocycles. The maximum absolute atomic E-state index is 12.6. The van der Waals surface area contributed by atoms with Crippen molar-refractivity contribution >= 4 is 22.2 Å². The average molecular weight is 251 g/mol. The highest BCUT2D eigenvalue weighted by atomic mass is 79.9. The number of hydrogen-bond acceptors (Lipinski definition) is 2. The van der Waals surface area contributed by atoms with Gasteiger partial charge in [-0.3, -0.25) is 4.79 Å². The first-order valence-electron chi connectivity index (χ1n) is 3.36. The molecule has 13 heavy (non-hydrogen) atoms. The van der Waals surface area contributed by atoms with E-state index in [4.69, 9.17) is 4.74 Å². The second-order valence-corrected chi connectivity index (χ2v) is 3.03. The van der Waals surface area contributed by atoms with E-state index in [1.165, 1.54) is 0 Å². The van der Waals surface area contributed by atoms with Gasteiger partial charge in [0.15, 0.2) is 17.9 Å². The summed E-state index contributed by atoms with van der Waals surface area (Å²) in [6.45, 7) is -0.191. The molecule has 0 atom stereocenters. The first-order chi connectivity index (χ1) is 6.15. The second-order valence-electron chi connectivity index (χ2n) is 2.17. The number of aldehydes is 1. The van der Waals surface area contributed by atoms with Gasteiger partial charge >= 0.3 is 0 Å². The molecule has 70 valence electrons. The minimum atomic E-state index is -1.01. The van der Waals surface area contributed by atoms with Crippen LogP contribution in [0.25, 0.3) is 0 Å². The summed E-state index contributed by atoms with van der Waals surface area (Å²) in [4.78, 5) is 9.93. The van der Waals surface area contributed by atoms with Gasteiger partial charge in [-0.15, -0.1) is 0 Å². The van der Waals surface area contributed by atoms with E-state index in [9.17, 15) is 13.6 Å². The van der Waals surface area contributed by atoms with Crippen molar-refractivity contribution in [2.24, 2.45) is 0 Å². The summed E-state index contributed by atoms with van der Waals surface area (Å²) in [7, 11) is 0. The summed E-state index contributed by atoms with van der Waals surface area (Å²) in [5.74, 6) is -1.87. The molecular formula is C8H5BrF2O2. The molecule has 0 radical (unpaired) electrons. The van der Waals surface area contributed by atoms with Crippen LogP contribution in [0.2, 0.25) is 0 Å². The molecule has 0 heterocycles. The summed E-state index contributed by atoms with van der Waals surface area (Å²) >= 11 is 2.96.